The van der Waals surface area contributed by atoms with E-state index in [2.05, 4.69) is 14.7 Å². The molecule has 0 aliphatic heterocycles. The minimum Gasteiger partial charge on any atom is -0.476 e. The quantitative estimate of drug-likeness (QED) is 0.861. The van der Waals surface area contributed by atoms with Gasteiger partial charge in [-0.3, -0.25) is 0 Å². The molecular weight excluding hydrogens is 322 g/mol. The molecule has 0 spiro atoms. The summed E-state index contributed by atoms with van der Waals surface area (Å²) in [6, 6.07) is -0.611. The van der Waals surface area contributed by atoms with Gasteiger partial charge in [-0.05, 0) is 13.8 Å². The molecule has 0 bridgehead atoms. The van der Waals surface area contributed by atoms with E-state index in [1.165, 1.54) is 11.6 Å². The average molecular weight is 333 g/mol. The summed E-state index contributed by atoms with van der Waals surface area (Å²) in [5.74, 6) is -1.14. The molecule has 2 aromatic heterocycles. The van der Waals surface area contributed by atoms with Gasteiger partial charge in [-0.1, -0.05) is 0 Å². The minimum atomic E-state index is -3.67. The van der Waals surface area contributed by atoms with E-state index in [0.29, 0.717) is 10.0 Å². The van der Waals surface area contributed by atoms with E-state index in [9.17, 15) is 13.2 Å². The highest BCUT2D eigenvalue weighted by Gasteiger charge is 2.23. The van der Waals surface area contributed by atoms with Gasteiger partial charge in [0.25, 0.3) is 10.0 Å². The molecule has 1 atom stereocenters. The van der Waals surface area contributed by atoms with Crippen LogP contribution in [0.2, 0.25) is 0 Å². The molecule has 1 unspecified atom stereocenters. The van der Waals surface area contributed by atoms with E-state index in [4.69, 9.17) is 5.11 Å². The third-order valence-corrected chi connectivity index (χ3v) is 6.25. The van der Waals surface area contributed by atoms with Gasteiger partial charge < -0.3 is 5.11 Å². The van der Waals surface area contributed by atoms with Gasteiger partial charge in [-0.2, -0.15) is 0 Å². The highest BCUT2D eigenvalue weighted by molar-refractivity contribution is 7.91. The molecule has 2 heterocycles. The Bertz CT molecular complexity index is 735. The highest BCUT2D eigenvalue weighted by atomic mass is 32.2. The van der Waals surface area contributed by atoms with Crippen molar-refractivity contribution in [2.45, 2.75) is 24.1 Å². The Labute approximate surface area is 123 Å². The van der Waals surface area contributed by atoms with E-state index in [-0.39, 0.29) is 9.90 Å². The van der Waals surface area contributed by atoms with Crippen molar-refractivity contribution in [2.24, 2.45) is 0 Å². The van der Waals surface area contributed by atoms with Crippen molar-refractivity contribution < 1.29 is 18.3 Å². The summed E-state index contributed by atoms with van der Waals surface area (Å²) in [6.45, 7) is 3.32. The Balaban J connectivity index is 2.18. The number of thiazole rings is 2. The Morgan fingerprint density at radius 3 is 2.70 bits per heavy atom. The predicted molar refractivity (Wildman–Crippen MR) is 74.7 cm³/mol. The first-order chi connectivity index (χ1) is 9.29. The van der Waals surface area contributed by atoms with Crippen molar-refractivity contribution in [3.63, 3.8) is 0 Å². The molecule has 0 amide bonds. The fourth-order valence-corrected chi connectivity index (χ4v) is 4.60. The molecule has 0 aromatic carbocycles. The third-order valence-electron chi connectivity index (χ3n) is 2.31. The summed E-state index contributed by atoms with van der Waals surface area (Å²) in [4.78, 5) is 18.5. The van der Waals surface area contributed by atoms with Crippen molar-refractivity contribution >= 4 is 38.7 Å². The first-order valence-corrected chi connectivity index (χ1v) is 8.61. The van der Waals surface area contributed by atoms with Crippen LogP contribution in [0.25, 0.3) is 0 Å². The Morgan fingerprint density at radius 2 is 2.20 bits per heavy atom. The molecule has 7 nitrogen and oxygen atoms in total. The van der Waals surface area contributed by atoms with Crippen molar-refractivity contribution in [3.8, 4) is 0 Å². The lowest BCUT2D eigenvalue weighted by atomic mass is 10.4. The van der Waals surface area contributed by atoms with Gasteiger partial charge in [0.1, 0.15) is 5.01 Å². The highest BCUT2D eigenvalue weighted by Crippen LogP contribution is 2.23. The fourth-order valence-electron chi connectivity index (χ4n) is 1.39. The first-order valence-electron chi connectivity index (χ1n) is 5.43. The van der Waals surface area contributed by atoms with Gasteiger partial charge in [0.05, 0.1) is 17.2 Å². The maximum atomic E-state index is 12.1. The van der Waals surface area contributed by atoms with Crippen LogP contribution in [0.1, 0.15) is 33.5 Å². The van der Waals surface area contributed by atoms with Gasteiger partial charge in [-0.25, -0.2) is 27.9 Å². The molecule has 0 aliphatic carbocycles. The van der Waals surface area contributed by atoms with Crippen LogP contribution >= 0.6 is 22.7 Å². The maximum Gasteiger partial charge on any atom is 0.355 e. The zero-order valence-corrected chi connectivity index (χ0v) is 13.0. The average Bonchev–Trinajstić information content (AvgIpc) is 2.96. The second kappa shape index (κ2) is 5.56. The second-order valence-corrected chi connectivity index (χ2v) is 7.98. The number of carbonyl (C=O) groups is 1. The van der Waals surface area contributed by atoms with Crippen LogP contribution < -0.4 is 4.72 Å². The van der Waals surface area contributed by atoms with Gasteiger partial charge in [0.15, 0.2) is 9.90 Å². The Hall–Kier alpha value is -1.36. The summed E-state index contributed by atoms with van der Waals surface area (Å²) in [6.07, 6.45) is 1.29. The summed E-state index contributed by atoms with van der Waals surface area (Å²) in [7, 11) is -3.67. The van der Waals surface area contributed by atoms with Crippen molar-refractivity contribution in [1.82, 2.24) is 14.7 Å². The largest absolute Gasteiger partial charge is 0.476 e. The molecule has 2 rings (SSSR count). The number of nitrogens with one attached hydrogen (secondary N) is 1. The summed E-state index contributed by atoms with van der Waals surface area (Å²) < 4.78 is 26.8. The monoisotopic (exact) mass is 333 g/mol. The minimum absolute atomic E-state index is 0.0929. The number of carboxylic acids is 1. The SMILES string of the molecule is Cc1ncc(S(=O)(=O)NC(C)c2nc(C(=O)O)cs2)s1. The van der Waals surface area contributed by atoms with Crippen molar-refractivity contribution in [1.29, 1.82) is 0 Å². The van der Waals surface area contributed by atoms with Crippen molar-refractivity contribution in [2.75, 3.05) is 0 Å². The number of aromatic carboxylic acids is 1. The van der Waals surface area contributed by atoms with Gasteiger partial charge in [-0.15, -0.1) is 22.7 Å². The number of carboxylic acid groups (broad SMARTS) is 1. The number of nitrogens with zero attached hydrogens (tertiary/aromatic N) is 2. The molecule has 20 heavy (non-hydrogen) atoms. The number of sulfonamides is 1. The zero-order chi connectivity index (χ0) is 14.9. The van der Waals surface area contributed by atoms with Gasteiger partial charge in [0, 0.05) is 5.38 Å². The molecule has 2 N–H and O–H groups in total. The molecular formula is C10H11N3O4S3. The second-order valence-electron chi connectivity index (χ2n) is 3.92. The zero-order valence-electron chi connectivity index (χ0n) is 10.5. The molecule has 0 fully saturated rings. The summed E-state index contributed by atoms with van der Waals surface area (Å²) in [5.41, 5.74) is -0.0929. The molecule has 0 saturated carbocycles. The summed E-state index contributed by atoms with van der Waals surface area (Å²) >= 11 is 2.17. The van der Waals surface area contributed by atoms with E-state index in [0.717, 1.165) is 22.7 Å². The van der Waals surface area contributed by atoms with Crippen LogP contribution in [0.3, 0.4) is 0 Å². The third kappa shape index (κ3) is 3.20. The lowest BCUT2D eigenvalue weighted by molar-refractivity contribution is 0.0691. The lowest BCUT2D eigenvalue weighted by Gasteiger charge is -2.10. The van der Waals surface area contributed by atoms with Gasteiger partial charge >= 0.3 is 5.97 Å². The van der Waals surface area contributed by atoms with Crippen molar-refractivity contribution in [3.05, 3.63) is 27.3 Å². The van der Waals surface area contributed by atoms with Gasteiger partial charge in [0.2, 0.25) is 0 Å². The van der Waals surface area contributed by atoms with Crippen LogP contribution in [0, 0.1) is 6.92 Å². The number of rotatable bonds is 5. The Morgan fingerprint density at radius 1 is 1.50 bits per heavy atom. The smallest absolute Gasteiger partial charge is 0.355 e. The lowest BCUT2D eigenvalue weighted by Crippen LogP contribution is -2.26. The number of hydrogen-bond donors (Lipinski definition) is 2. The van der Waals surface area contributed by atoms with Crippen LogP contribution in [-0.2, 0) is 10.0 Å². The first kappa shape index (κ1) is 15.0. The normalized spacial score (nSPS) is 13.3. The Kier molecular flexibility index (Phi) is 4.18. The fraction of sp³-hybridized carbons (Fsp3) is 0.300. The van der Waals surface area contributed by atoms with E-state index >= 15 is 0 Å². The number of aryl methyl sites for hydroxylation is 1. The standard InChI is InChI=1S/C10H11N3O4S3/c1-5(9-12-7(4-18-9)10(14)15)13-20(16,17)8-3-11-6(2)19-8/h3-5,13H,1-2H3,(H,14,15). The molecule has 10 heteroatoms. The molecule has 2 aromatic rings. The van der Waals surface area contributed by atoms with Crippen LogP contribution in [0.15, 0.2) is 15.8 Å². The predicted octanol–water partition coefficient (Wildman–Crippen LogP) is 1.65. The van der Waals surface area contributed by atoms with Crippen LogP contribution in [0.5, 0.6) is 0 Å². The van der Waals surface area contributed by atoms with E-state index in [1.54, 1.807) is 13.8 Å². The van der Waals surface area contributed by atoms with Crippen LogP contribution in [-0.4, -0.2) is 29.5 Å². The topological polar surface area (TPSA) is 109 Å². The van der Waals surface area contributed by atoms with Crippen LogP contribution in [0.4, 0.5) is 0 Å². The number of hydrogen-bond acceptors (Lipinski definition) is 7. The molecule has 0 radical (unpaired) electrons. The molecule has 0 saturated heterocycles. The summed E-state index contributed by atoms with van der Waals surface area (Å²) in [5, 5.41) is 11.2. The van der Waals surface area contributed by atoms with E-state index < -0.39 is 22.0 Å². The molecule has 108 valence electrons. The number of aromatic nitrogens is 2. The molecule has 0 aliphatic rings. The van der Waals surface area contributed by atoms with E-state index in [1.807, 2.05) is 0 Å². The maximum absolute atomic E-state index is 12.1.